The molecule has 1 aromatic carbocycles. The van der Waals surface area contributed by atoms with E-state index >= 15 is 0 Å². The first-order valence-electron chi connectivity index (χ1n) is 5.29. The van der Waals surface area contributed by atoms with Gasteiger partial charge in [-0.3, -0.25) is 4.79 Å². The summed E-state index contributed by atoms with van der Waals surface area (Å²) in [5, 5.41) is 0.636. The normalized spacial score (nSPS) is 11.9. The number of hydrogen-bond donors (Lipinski definition) is 0. The zero-order valence-corrected chi connectivity index (χ0v) is 10.4. The predicted molar refractivity (Wildman–Crippen MR) is 67.8 cm³/mol. The van der Waals surface area contributed by atoms with Crippen LogP contribution in [-0.4, -0.2) is 23.4 Å². The summed E-state index contributed by atoms with van der Waals surface area (Å²) in [4.78, 5) is 13.9. The van der Waals surface area contributed by atoms with E-state index in [0.717, 1.165) is 0 Å². The number of rotatable bonds is 4. The molecule has 16 heavy (non-hydrogen) atoms. The van der Waals surface area contributed by atoms with Crippen molar-refractivity contribution >= 4 is 17.5 Å². The standard InChI is InChI=1S/C13H16ClNO/c1-4-10(3)15(5-2)13(16)11-6-8-12(14)9-7-11/h4,6-10H,1,5H2,2-3H3. The largest absolute Gasteiger partial charge is 0.333 e. The molecule has 0 fully saturated rings. The Balaban J connectivity index is 2.91. The molecule has 0 radical (unpaired) electrons. The van der Waals surface area contributed by atoms with E-state index in [9.17, 15) is 4.79 Å². The number of nitrogens with zero attached hydrogens (tertiary/aromatic N) is 1. The Hall–Kier alpha value is -1.28. The summed E-state index contributed by atoms with van der Waals surface area (Å²) in [6, 6.07) is 6.96. The second kappa shape index (κ2) is 5.71. The van der Waals surface area contributed by atoms with Gasteiger partial charge < -0.3 is 4.90 Å². The molecule has 0 heterocycles. The van der Waals surface area contributed by atoms with Gasteiger partial charge in [0.25, 0.3) is 5.91 Å². The van der Waals surface area contributed by atoms with Gasteiger partial charge in [-0.15, -0.1) is 6.58 Å². The summed E-state index contributed by atoms with van der Waals surface area (Å²) in [6.07, 6.45) is 1.76. The molecule has 0 spiro atoms. The summed E-state index contributed by atoms with van der Waals surface area (Å²) >= 11 is 5.78. The minimum Gasteiger partial charge on any atom is -0.333 e. The molecular weight excluding hydrogens is 222 g/mol. The maximum Gasteiger partial charge on any atom is 0.254 e. The van der Waals surface area contributed by atoms with E-state index < -0.39 is 0 Å². The van der Waals surface area contributed by atoms with Gasteiger partial charge in [-0.1, -0.05) is 17.7 Å². The average Bonchev–Trinajstić information content (AvgIpc) is 2.30. The summed E-state index contributed by atoms with van der Waals surface area (Å²) in [7, 11) is 0. The van der Waals surface area contributed by atoms with Gasteiger partial charge in [0.15, 0.2) is 0 Å². The number of halogens is 1. The Morgan fingerprint density at radius 3 is 2.50 bits per heavy atom. The monoisotopic (exact) mass is 237 g/mol. The molecule has 1 amide bonds. The van der Waals surface area contributed by atoms with Crippen LogP contribution >= 0.6 is 11.6 Å². The van der Waals surface area contributed by atoms with Gasteiger partial charge in [0.05, 0.1) is 0 Å². The van der Waals surface area contributed by atoms with Gasteiger partial charge in [0, 0.05) is 23.2 Å². The zero-order chi connectivity index (χ0) is 12.1. The lowest BCUT2D eigenvalue weighted by Crippen LogP contribution is -2.37. The van der Waals surface area contributed by atoms with Gasteiger partial charge in [-0.05, 0) is 38.1 Å². The van der Waals surface area contributed by atoms with Crippen molar-refractivity contribution < 1.29 is 4.79 Å². The molecule has 0 N–H and O–H groups in total. The molecular formula is C13H16ClNO. The van der Waals surface area contributed by atoms with E-state index in [2.05, 4.69) is 6.58 Å². The van der Waals surface area contributed by atoms with Crippen LogP contribution in [-0.2, 0) is 0 Å². The van der Waals surface area contributed by atoms with E-state index in [1.807, 2.05) is 13.8 Å². The van der Waals surface area contributed by atoms with Crippen molar-refractivity contribution in [3.8, 4) is 0 Å². The number of hydrogen-bond acceptors (Lipinski definition) is 1. The molecule has 86 valence electrons. The SMILES string of the molecule is C=CC(C)N(CC)C(=O)c1ccc(Cl)cc1. The summed E-state index contributed by atoms with van der Waals surface area (Å²) in [5.74, 6) is 0.00608. The van der Waals surface area contributed by atoms with E-state index in [-0.39, 0.29) is 11.9 Å². The highest BCUT2D eigenvalue weighted by Gasteiger charge is 2.17. The topological polar surface area (TPSA) is 20.3 Å². The molecule has 0 saturated heterocycles. The fourth-order valence-corrected chi connectivity index (χ4v) is 1.63. The smallest absolute Gasteiger partial charge is 0.254 e. The molecule has 1 rings (SSSR count). The first kappa shape index (κ1) is 12.8. The molecule has 1 unspecified atom stereocenters. The third kappa shape index (κ3) is 2.86. The first-order chi connectivity index (χ1) is 7.60. The molecule has 0 aliphatic carbocycles. The second-order valence-electron chi connectivity index (χ2n) is 3.57. The summed E-state index contributed by atoms with van der Waals surface area (Å²) in [5.41, 5.74) is 0.653. The number of carbonyl (C=O) groups excluding carboxylic acids is 1. The van der Waals surface area contributed by atoms with Crippen molar-refractivity contribution in [1.82, 2.24) is 4.90 Å². The molecule has 2 nitrogen and oxygen atoms in total. The van der Waals surface area contributed by atoms with Crippen molar-refractivity contribution in [2.45, 2.75) is 19.9 Å². The van der Waals surface area contributed by atoms with Crippen molar-refractivity contribution in [1.29, 1.82) is 0 Å². The lowest BCUT2D eigenvalue weighted by atomic mass is 10.1. The van der Waals surface area contributed by atoms with Crippen molar-refractivity contribution in [2.75, 3.05) is 6.54 Å². The van der Waals surface area contributed by atoms with Crippen LogP contribution in [0.3, 0.4) is 0 Å². The van der Waals surface area contributed by atoms with Gasteiger partial charge in [-0.25, -0.2) is 0 Å². The number of carbonyl (C=O) groups is 1. The van der Waals surface area contributed by atoms with Crippen LogP contribution in [0.4, 0.5) is 0 Å². The van der Waals surface area contributed by atoms with E-state index in [4.69, 9.17) is 11.6 Å². The number of amides is 1. The highest BCUT2D eigenvalue weighted by molar-refractivity contribution is 6.30. The Kier molecular flexibility index (Phi) is 4.56. The van der Waals surface area contributed by atoms with Gasteiger partial charge in [0.2, 0.25) is 0 Å². The molecule has 0 bridgehead atoms. The Morgan fingerprint density at radius 2 is 2.06 bits per heavy atom. The van der Waals surface area contributed by atoms with Crippen molar-refractivity contribution in [3.63, 3.8) is 0 Å². The third-order valence-electron chi connectivity index (χ3n) is 2.53. The summed E-state index contributed by atoms with van der Waals surface area (Å²) < 4.78 is 0. The van der Waals surface area contributed by atoms with Gasteiger partial charge in [0.1, 0.15) is 0 Å². The predicted octanol–water partition coefficient (Wildman–Crippen LogP) is 3.38. The lowest BCUT2D eigenvalue weighted by molar-refractivity contribution is 0.0734. The minimum absolute atomic E-state index is 0.00608. The molecule has 1 atom stereocenters. The average molecular weight is 238 g/mol. The van der Waals surface area contributed by atoms with Crippen LogP contribution in [0.5, 0.6) is 0 Å². The van der Waals surface area contributed by atoms with Gasteiger partial charge in [-0.2, -0.15) is 0 Å². The van der Waals surface area contributed by atoms with Crippen LogP contribution in [0.15, 0.2) is 36.9 Å². The molecule has 0 aliphatic heterocycles. The molecule has 0 aliphatic rings. The quantitative estimate of drug-likeness (QED) is 0.736. The van der Waals surface area contributed by atoms with Crippen LogP contribution in [0, 0.1) is 0 Å². The second-order valence-corrected chi connectivity index (χ2v) is 4.01. The molecule has 3 heteroatoms. The fraction of sp³-hybridized carbons (Fsp3) is 0.308. The van der Waals surface area contributed by atoms with Crippen molar-refractivity contribution in [2.24, 2.45) is 0 Å². The van der Waals surface area contributed by atoms with E-state index in [1.54, 1.807) is 35.2 Å². The lowest BCUT2D eigenvalue weighted by Gasteiger charge is -2.25. The van der Waals surface area contributed by atoms with Crippen LogP contribution in [0.2, 0.25) is 5.02 Å². The summed E-state index contributed by atoms with van der Waals surface area (Å²) in [6.45, 7) is 8.27. The van der Waals surface area contributed by atoms with E-state index in [0.29, 0.717) is 17.1 Å². The third-order valence-corrected chi connectivity index (χ3v) is 2.78. The first-order valence-corrected chi connectivity index (χ1v) is 5.67. The number of benzene rings is 1. The Morgan fingerprint density at radius 1 is 1.50 bits per heavy atom. The van der Waals surface area contributed by atoms with Crippen LogP contribution in [0.1, 0.15) is 24.2 Å². The molecule has 0 aromatic heterocycles. The van der Waals surface area contributed by atoms with Gasteiger partial charge >= 0.3 is 0 Å². The maximum absolute atomic E-state index is 12.1. The zero-order valence-electron chi connectivity index (χ0n) is 9.61. The molecule has 0 saturated carbocycles. The van der Waals surface area contributed by atoms with Crippen molar-refractivity contribution in [3.05, 3.63) is 47.5 Å². The van der Waals surface area contributed by atoms with Crippen LogP contribution in [0.25, 0.3) is 0 Å². The number of likely N-dealkylation sites (N-methyl/N-ethyl adjacent to an activating group) is 1. The van der Waals surface area contributed by atoms with E-state index in [1.165, 1.54) is 0 Å². The Labute approximate surface area is 102 Å². The fourth-order valence-electron chi connectivity index (χ4n) is 1.50. The highest BCUT2D eigenvalue weighted by atomic mass is 35.5. The molecule has 1 aromatic rings. The Bertz CT molecular complexity index is 372. The van der Waals surface area contributed by atoms with Crippen LogP contribution < -0.4 is 0 Å². The highest BCUT2D eigenvalue weighted by Crippen LogP contribution is 2.13. The minimum atomic E-state index is 0.00608. The maximum atomic E-state index is 12.1.